The molecule has 0 amide bonds. The van der Waals surface area contributed by atoms with Crippen molar-refractivity contribution in [3.8, 4) is 11.5 Å². The van der Waals surface area contributed by atoms with E-state index in [4.69, 9.17) is 14.5 Å². The van der Waals surface area contributed by atoms with E-state index < -0.39 is 5.97 Å². The first-order valence-electron chi connectivity index (χ1n) is 11.2. The highest BCUT2D eigenvalue weighted by atomic mass is 16.7. The molecule has 0 bridgehead atoms. The van der Waals surface area contributed by atoms with Crippen LogP contribution in [0.2, 0.25) is 0 Å². The van der Waals surface area contributed by atoms with Crippen LogP contribution < -0.4 is 14.8 Å². The molecule has 0 aliphatic carbocycles. The van der Waals surface area contributed by atoms with Crippen LogP contribution in [-0.4, -0.2) is 39.2 Å². The van der Waals surface area contributed by atoms with Crippen molar-refractivity contribution >= 4 is 17.9 Å². The maximum Gasteiger partial charge on any atom is 0.304 e. The van der Waals surface area contributed by atoms with Gasteiger partial charge in [-0.05, 0) is 42.2 Å². The number of carbonyl (C=O) groups is 1. The molecule has 1 unspecified atom stereocenters. The highest BCUT2D eigenvalue weighted by Gasteiger charge is 2.21. The Morgan fingerprint density at radius 1 is 1.24 bits per heavy atom. The number of carboxylic acid groups (broad SMARTS) is 1. The van der Waals surface area contributed by atoms with E-state index in [1.54, 1.807) is 10.9 Å². The monoisotopic (exact) mass is 446 g/mol. The second kappa shape index (κ2) is 9.36. The van der Waals surface area contributed by atoms with Gasteiger partial charge in [0.1, 0.15) is 5.82 Å². The zero-order chi connectivity index (χ0) is 22.6. The molecule has 0 spiro atoms. The Labute approximate surface area is 191 Å². The Morgan fingerprint density at radius 3 is 3.06 bits per heavy atom. The fraction of sp³-hybridized carbons (Fsp3) is 0.320. The van der Waals surface area contributed by atoms with Gasteiger partial charge in [-0.3, -0.25) is 9.48 Å². The fourth-order valence-electron chi connectivity index (χ4n) is 4.26. The number of aryl methyl sites for hydroxylation is 1. The average molecular weight is 447 g/mol. The number of pyridine rings is 1. The lowest BCUT2D eigenvalue weighted by Gasteiger charge is -2.17. The van der Waals surface area contributed by atoms with Crippen molar-refractivity contribution in [3.05, 3.63) is 71.2 Å². The number of ether oxygens (including phenoxy) is 2. The zero-order valence-corrected chi connectivity index (χ0v) is 18.2. The standard InChI is InChI=1S/C25H26N4O4/c30-24(31)12-20(19-7-9-22-23(11-19)33-16-32-22)15-29-14-17(13-27-29)3-1-5-21-8-6-18-4-2-10-26-25(18)28-21/h1,3,6-9,11,13-14,20H,2,4-5,10,12,15-16H2,(H,26,28)(H,30,31)/b3-1-. The minimum absolute atomic E-state index is 0.00269. The zero-order valence-electron chi connectivity index (χ0n) is 18.2. The third-order valence-corrected chi connectivity index (χ3v) is 5.94. The summed E-state index contributed by atoms with van der Waals surface area (Å²) in [6, 6.07) is 9.83. The summed E-state index contributed by atoms with van der Waals surface area (Å²) in [5.41, 5.74) is 4.16. The molecule has 8 nitrogen and oxygen atoms in total. The highest BCUT2D eigenvalue weighted by Crippen LogP contribution is 2.36. The van der Waals surface area contributed by atoms with E-state index in [-0.39, 0.29) is 19.1 Å². The summed E-state index contributed by atoms with van der Waals surface area (Å²) in [4.78, 5) is 16.2. The first-order valence-corrected chi connectivity index (χ1v) is 11.2. The lowest BCUT2D eigenvalue weighted by Crippen LogP contribution is -2.14. The maximum absolute atomic E-state index is 11.5. The summed E-state index contributed by atoms with van der Waals surface area (Å²) in [5.74, 6) is 1.26. The van der Waals surface area contributed by atoms with Crippen molar-refractivity contribution in [1.82, 2.24) is 14.8 Å². The van der Waals surface area contributed by atoms with Crippen molar-refractivity contribution in [2.45, 2.75) is 38.1 Å². The molecule has 2 N–H and O–H groups in total. The second-order valence-electron chi connectivity index (χ2n) is 8.35. The number of benzene rings is 1. The van der Waals surface area contributed by atoms with Crippen LogP contribution in [-0.2, 0) is 24.2 Å². The van der Waals surface area contributed by atoms with Crippen molar-refractivity contribution in [2.24, 2.45) is 0 Å². The lowest BCUT2D eigenvalue weighted by molar-refractivity contribution is -0.137. The Balaban J connectivity index is 1.24. The lowest BCUT2D eigenvalue weighted by atomic mass is 9.95. The van der Waals surface area contributed by atoms with Crippen molar-refractivity contribution in [2.75, 3.05) is 18.7 Å². The Bertz CT molecular complexity index is 1190. The van der Waals surface area contributed by atoms with Crippen molar-refractivity contribution < 1.29 is 19.4 Å². The highest BCUT2D eigenvalue weighted by molar-refractivity contribution is 5.68. The van der Waals surface area contributed by atoms with Crippen LogP contribution in [0.4, 0.5) is 5.82 Å². The molecule has 8 heteroatoms. The fourth-order valence-corrected chi connectivity index (χ4v) is 4.26. The van der Waals surface area contributed by atoms with Gasteiger partial charge in [0.2, 0.25) is 6.79 Å². The number of aliphatic carboxylic acids is 1. The SMILES string of the molecule is O=C(O)CC(Cn1cc(/C=C\Cc2ccc3c(n2)NCCC3)cn1)c1ccc2c(c1)OCO2. The van der Waals surface area contributed by atoms with Gasteiger partial charge in [0.25, 0.3) is 0 Å². The molecule has 5 rings (SSSR count). The molecule has 170 valence electrons. The Hall–Kier alpha value is -3.81. The smallest absolute Gasteiger partial charge is 0.304 e. The van der Waals surface area contributed by atoms with Crippen LogP contribution in [0.3, 0.4) is 0 Å². The summed E-state index contributed by atoms with van der Waals surface area (Å²) in [7, 11) is 0. The molecule has 3 aromatic rings. The van der Waals surface area contributed by atoms with Crippen LogP contribution in [0.15, 0.2) is 48.8 Å². The van der Waals surface area contributed by atoms with Crippen LogP contribution >= 0.6 is 0 Å². The van der Waals surface area contributed by atoms with Gasteiger partial charge < -0.3 is 19.9 Å². The number of rotatable bonds is 8. The molecule has 2 aliphatic heterocycles. The van der Waals surface area contributed by atoms with E-state index >= 15 is 0 Å². The molecule has 2 aromatic heterocycles. The van der Waals surface area contributed by atoms with Gasteiger partial charge in [-0.1, -0.05) is 24.3 Å². The minimum atomic E-state index is -0.850. The van der Waals surface area contributed by atoms with Gasteiger partial charge in [-0.25, -0.2) is 4.98 Å². The summed E-state index contributed by atoms with van der Waals surface area (Å²) >= 11 is 0. The van der Waals surface area contributed by atoms with E-state index in [9.17, 15) is 9.90 Å². The van der Waals surface area contributed by atoms with E-state index in [1.807, 2.05) is 30.5 Å². The molecular formula is C25H26N4O4. The number of nitrogens with zero attached hydrogens (tertiary/aromatic N) is 3. The number of carboxylic acids is 1. The third-order valence-electron chi connectivity index (χ3n) is 5.94. The maximum atomic E-state index is 11.5. The van der Waals surface area contributed by atoms with Crippen LogP contribution in [0, 0.1) is 0 Å². The number of fused-ring (bicyclic) bond motifs is 2. The van der Waals surface area contributed by atoms with Crippen molar-refractivity contribution in [1.29, 1.82) is 0 Å². The van der Waals surface area contributed by atoms with Gasteiger partial charge in [0, 0.05) is 42.9 Å². The molecule has 0 fully saturated rings. The molecule has 0 saturated heterocycles. The topological polar surface area (TPSA) is 98.5 Å². The van der Waals surface area contributed by atoms with Crippen LogP contribution in [0.1, 0.15) is 41.1 Å². The van der Waals surface area contributed by atoms with Gasteiger partial charge in [-0.2, -0.15) is 5.10 Å². The number of anilines is 1. The number of hydrogen-bond donors (Lipinski definition) is 2. The second-order valence-corrected chi connectivity index (χ2v) is 8.35. The first-order chi connectivity index (χ1) is 16.1. The van der Waals surface area contributed by atoms with Gasteiger partial charge in [0.15, 0.2) is 11.5 Å². The number of allylic oxidation sites excluding steroid dienone is 1. The molecule has 2 aliphatic rings. The normalized spacial score (nSPS) is 15.3. The molecular weight excluding hydrogens is 420 g/mol. The van der Waals surface area contributed by atoms with Crippen LogP contribution in [0.25, 0.3) is 6.08 Å². The van der Waals surface area contributed by atoms with E-state index in [0.29, 0.717) is 18.0 Å². The predicted molar refractivity (Wildman–Crippen MR) is 124 cm³/mol. The Kier molecular flexibility index (Phi) is 5.97. The molecule has 0 saturated carbocycles. The van der Waals surface area contributed by atoms with E-state index in [1.165, 1.54) is 5.56 Å². The molecule has 0 radical (unpaired) electrons. The van der Waals surface area contributed by atoms with Gasteiger partial charge in [-0.15, -0.1) is 0 Å². The number of nitrogens with one attached hydrogen (secondary N) is 1. The number of aromatic nitrogens is 3. The quantitative estimate of drug-likeness (QED) is 0.542. The average Bonchev–Trinajstić information content (AvgIpc) is 3.47. The largest absolute Gasteiger partial charge is 0.481 e. The van der Waals surface area contributed by atoms with Crippen LogP contribution in [0.5, 0.6) is 11.5 Å². The molecule has 1 atom stereocenters. The summed E-state index contributed by atoms with van der Waals surface area (Å²) in [6.07, 6.45) is 10.8. The first kappa shape index (κ1) is 21.1. The Morgan fingerprint density at radius 2 is 2.15 bits per heavy atom. The van der Waals surface area contributed by atoms with E-state index in [2.05, 4.69) is 28.6 Å². The van der Waals surface area contributed by atoms with Gasteiger partial charge in [0.05, 0.1) is 12.6 Å². The van der Waals surface area contributed by atoms with E-state index in [0.717, 1.165) is 48.4 Å². The van der Waals surface area contributed by atoms with Crippen molar-refractivity contribution in [3.63, 3.8) is 0 Å². The summed E-state index contributed by atoms with van der Waals surface area (Å²) in [6.45, 7) is 1.63. The number of hydrogen-bond acceptors (Lipinski definition) is 6. The third kappa shape index (κ3) is 5.00. The molecule has 4 heterocycles. The molecule has 1 aromatic carbocycles. The predicted octanol–water partition coefficient (Wildman–Crippen LogP) is 3.88. The minimum Gasteiger partial charge on any atom is -0.481 e. The van der Waals surface area contributed by atoms with Gasteiger partial charge >= 0.3 is 5.97 Å². The summed E-state index contributed by atoms with van der Waals surface area (Å²) in [5, 5.41) is 17.2. The molecule has 33 heavy (non-hydrogen) atoms. The summed E-state index contributed by atoms with van der Waals surface area (Å²) < 4.78 is 12.6.